The molecule has 21 heavy (non-hydrogen) atoms. The lowest BCUT2D eigenvalue weighted by Crippen LogP contribution is -2.35. The summed E-state index contributed by atoms with van der Waals surface area (Å²) in [4.78, 5) is 10.8. The Balaban J connectivity index is 2.01. The second-order valence-electron chi connectivity index (χ2n) is 5.30. The zero-order valence-electron chi connectivity index (χ0n) is 11.5. The van der Waals surface area contributed by atoms with E-state index in [-0.39, 0.29) is 34.8 Å². The van der Waals surface area contributed by atoms with Crippen LogP contribution in [0.5, 0.6) is 0 Å². The molecule has 0 saturated heterocycles. The molecule has 1 fully saturated rings. The average Bonchev–Trinajstić information content (AvgIpc) is 2.96. The highest BCUT2D eigenvalue weighted by Crippen LogP contribution is 2.29. The van der Waals surface area contributed by atoms with Crippen molar-refractivity contribution in [3.8, 4) is 0 Å². The first-order valence-corrected chi connectivity index (χ1v) is 9.22. The molecule has 1 aromatic heterocycles. The highest BCUT2D eigenvalue weighted by atomic mass is 32.2. The van der Waals surface area contributed by atoms with Gasteiger partial charge in [-0.05, 0) is 30.7 Å². The van der Waals surface area contributed by atoms with Crippen LogP contribution in [-0.2, 0) is 10.0 Å². The third-order valence-corrected chi connectivity index (χ3v) is 6.79. The number of carboxylic acid groups (broad SMARTS) is 1. The summed E-state index contributed by atoms with van der Waals surface area (Å²) in [5.41, 5.74) is -0.0220. The van der Waals surface area contributed by atoms with Crippen LogP contribution in [0.15, 0.2) is 15.7 Å². The Kier molecular flexibility index (Phi) is 5.37. The maximum absolute atomic E-state index is 12.1. The van der Waals surface area contributed by atoms with E-state index in [2.05, 4.69) is 4.72 Å². The zero-order chi connectivity index (χ0) is 15.5. The van der Waals surface area contributed by atoms with Crippen molar-refractivity contribution in [3.05, 3.63) is 17.0 Å². The molecule has 0 bridgehead atoms. The van der Waals surface area contributed by atoms with Crippen LogP contribution in [0, 0.1) is 11.8 Å². The highest BCUT2D eigenvalue weighted by molar-refractivity contribution is 7.91. The first kappa shape index (κ1) is 16.4. The van der Waals surface area contributed by atoms with Gasteiger partial charge in [0.25, 0.3) is 0 Å². The standard InChI is InChI=1S/C13H19NO5S2/c15-7-10-4-2-1-3-9(10)6-14-21(18,19)12-5-11(8-20-12)13(16)17/h5,8-10,14-15H,1-4,6-7H2,(H,16,17). The number of hydrogen-bond donors (Lipinski definition) is 3. The van der Waals surface area contributed by atoms with E-state index in [0.717, 1.165) is 37.0 Å². The van der Waals surface area contributed by atoms with Gasteiger partial charge in [-0.25, -0.2) is 17.9 Å². The lowest BCUT2D eigenvalue weighted by Gasteiger charge is -2.30. The van der Waals surface area contributed by atoms with Crippen molar-refractivity contribution < 1.29 is 23.4 Å². The zero-order valence-corrected chi connectivity index (χ0v) is 13.1. The normalized spacial score (nSPS) is 23.1. The second kappa shape index (κ2) is 6.87. The summed E-state index contributed by atoms with van der Waals surface area (Å²) in [5.74, 6) is -0.864. The number of carboxylic acids is 1. The van der Waals surface area contributed by atoms with Crippen molar-refractivity contribution in [2.45, 2.75) is 29.9 Å². The van der Waals surface area contributed by atoms with Crippen molar-refractivity contribution in [2.24, 2.45) is 11.8 Å². The number of carbonyl (C=O) groups is 1. The van der Waals surface area contributed by atoms with E-state index in [0.29, 0.717) is 0 Å². The number of aliphatic hydroxyl groups is 1. The van der Waals surface area contributed by atoms with Crippen LogP contribution >= 0.6 is 11.3 Å². The van der Waals surface area contributed by atoms with Crippen LogP contribution in [0.4, 0.5) is 0 Å². The summed E-state index contributed by atoms with van der Waals surface area (Å²) in [6, 6.07) is 1.17. The number of sulfonamides is 1. The monoisotopic (exact) mass is 333 g/mol. The third-order valence-electron chi connectivity index (χ3n) is 3.92. The van der Waals surface area contributed by atoms with Gasteiger partial charge in [0.05, 0.1) is 5.56 Å². The van der Waals surface area contributed by atoms with Gasteiger partial charge >= 0.3 is 5.97 Å². The molecule has 2 unspecified atom stereocenters. The quantitative estimate of drug-likeness (QED) is 0.732. The van der Waals surface area contributed by atoms with E-state index in [9.17, 15) is 18.3 Å². The molecular formula is C13H19NO5S2. The van der Waals surface area contributed by atoms with Crippen LogP contribution in [0.1, 0.15) is 36.0 Å². The fourth-order valence-corrected chi connectivity index (χ4v) is 4.94. The number of aromatic carboxylic acids is 1. The van der Waals surface area contributed by atoms with Crippen LogP contribution in [0.3, 0.4) is 0 Å². The third kappa shape index (κ3) is 4.03. The summed E-state index contributed by atoms with van der Waals surface area (Å²) < 4.78 is 26.8. The van der Waals surface area contributed by atoms with E-state index >= 15 is 0 Å². The topological polar surface area (TPSA) is 104 Å². The molecule has 6 nitrogen and oxygen atoms in total. The number of thiophene rings is 1. The maximum Gasteiger partial charge on any atom is 0.336 e. The Hall–Kier alpha value is -0.960. The van der Waals surface area contributed by atoms with Gasteiger partial charge in [0, 0.05) is 18.5 Å². The Bertz CT molecular complexity index is 595. The van der Waals surface area contributed by atoms with Crippen molar-refractivity contribution in [3.63, 3.8) is 0 Å². The Morgan fingerprint density at radius 2 is 2.00 bits per heavy atom. The summed E-state index contributed by atoms with van der Waals surface area (Å²) in [6.45, 7) is 0.364. The molecular weight excluding hydrogens is 314 g/mol. The molecule has 0 aliphatic heterocycles. The van der Waals surface area contributed by atoms with Gasteiger partial charge in [0.2, 0.25) is 10.0 Å². The van der Waals surface area contributed by atoms with E-state index in [1.807, 2.05) is 0 Å². The molecule has 0 amide bonds. The predicted molar refractivity (Wildman–Crippen MR) is 79.0 cm³/mol. The SMILES string of the molecule is O=C(O)c1csc(S(=O)(=O)NCC2CCCCC2CO)c1. The number of aliphatic hydroxyl groups excluding tert-OH is 1. The predicted octanol–water partition coefficient (Wildman–Crippen LogP) is 1.52. The average molecular weight is 333 g/mol. The molecule has 1 heterocycles. The minimum absolute atomic E-state index is 0.0104. The van der Waals surface area contributed by atoms with Crippen LogP contribution < -0.4 is 4.72 Å². The summed E-state index contributed by atoms with van der Waals surface area (Å²) >= 11 is 0.897. The molecule has 2 atom stereocenters. The Morgan fingerprint density at radius 3 is 2.57 bits per heavy atom. The lowest BCUT2D eigenvalue weighted by molar-refractivity contribution is 0.0697. The molecule has 1 aliphatic carbocycles. The van der Waals surface area contributed by atoms with Crippen LogP contribution in [-0.4, -0.2) is 37.8 Å². The molecule has 1 aliphatic rings. The maximum atomic E-state index is 12.1. The van der Waals surface area contributed by atoms with E-state index < -0.39 is 16.0 Å². The van der Waals surface area contributed by atoms with Crippen molar-refractivity contribution in [1.82, 2.24) is 4.72 Å². The second-order valence-corrected chi connectivity index (χ2v) is 8.20. The van der Waals surface area contributed by atoms with Crippen molar-refractivity contribution in [1.29, 1.82) is 0 Å². The van der Waals surface area contributed by atoms with E-state index in [4.69, 9.17) is 5.11 Å². The minimum atomic E-state index is -3.68. The number of hydrogen-bond acceptors (Lipinski definition) is 5. The number of nitrogens with one attached hydrogen (secondary N) is 1. The molecule has 1 aromatic rings. The summed E-state index contributed by atoms with van der Waals surface area (Å²) in [6.07, 6.45) is 3.94. The number of rotatable bonds is 6. The molecule has 8 heteroatoms. The fourth-order valence-electron chi connectivity index (χ4n) is 2.65. The highest BCUT2D eigenvalue weighted by Gasteiger charge is 2.27. The first-order chi connectivity index (χ1) is 9.94. The van der Waals surface area contributed by atoms with Crippen LogP contribution in [0.25, 0.3) is 0 Å². The van der Waals surface area contributed by atoms with Gasteiger partial charge in [-0.1, -0.05) is 12.8 Å². The van der Waals surface area contributed by atoms with Gasteiger partial charge in [-0.2, -0.15) is 0 Å². The van der Waals surface area contributed by atoms with Gasteiger partial charge in [0.1, 0.15) is 4.21 Å². The fraction of sp³-hybridized carbons (Fsp3) is 0.615. The lowest BCUT2D eigenvalue weighted by atomic mass is 9.80. The van der Waals surface area contributed by atoms with Gasteiger partial charge in [-0.3, -0.25) is 0 Å². The van der Waals surface area contributed by atoms with E-state index in [1.54, 1.807) is 0 Å². The molecule has 0 aromatic carbocycles. The molecule has 2 rings (SSSR count). The molecule has 3 N–H and O–H groups in total. The molecule has 0 radical (unpaired) electrons. The first-order valence-electron chi connectivity index (χ1n) is 6.86. The molecule has 118 valence electrons. The van der Waals surface area contributed by atoms with Gasteiger partial charge in [0.15, 0.2) is 0 Å². The largest absolute Gasteiger partial charge is 0.478 e. The molecule has 0 spiro atoms. The van der Waals surface area contributed by atoms with Gasteiger partial charge < -0.3 is 10.2 Å². The summed E-state index contributed by atoms with van der Waals surface area (Å²) in [5, 5.41) is 19.5. The Morgan fingerprint density at radius 1 is 1.33 bits per heavy atom. The van der Waals surface area contributed by atoms with Crippen LogP contribution in [0.2, 0.25) is 0 Å². The van der Waals surface area contributed by atoms with E-state index in [1.165, 1.54) is 11.4 Å². The summed E-state index contributed by atoms with van der Waals surface area (Å²) in [7, 11) is -3.68. The minimum Gasteiger partial charge on any atom is -0.478 e. The van der Waals surface area contributed by atoms with Crippen molar-refractivity contribution in [2.75, 3.05) is 13.2 Å². The van der Waals surface area contributed by atoms with Crippen molar-refractivity contribution >= 4 is 27.3 Å². The van der Waals surface area contributed by atoms with Gasteiger partial charge in [-0.15, -0.1) is 11.3 Å². The Labute approximate surface area is 127 Å². The molecule has 1 saturated carbocycles. The smallest absolute Gasteiger partial charge is 0.336 e.